The van der Waals surface area contributed by atoms with Crippen LogP contribution in [0.25, 0.3) is 0 Å². The van der Waals surface area contributed by atoms with Gasteiger partial charge in [-0.3, -0.25) is 9.59 Å². The van der Waals surface area contributed by atoms with Crippen molar-refractivity contribution in [3.63, 3.8) is 0 Å². The minimum absolute atomic E-state index is 0.0131. The maximum Gasteiger partial charge on any atom is 0.253 e. The van der Waals surface area contributed by atoms with Crippen LogP contribution in [0.3, 0.4) is 0 Å². The number of rotatable bonds is 6. The van der Waals surface area contributed by atoms with Crippen molar-refractivity contribution >= 4 is 11.8 Å². The topological polar surface area (TPSA) is 52.7 Å². The molecule has 0 spiro atoms. The van der Waals surface area contributed by atoms with E-state index in [0.29, 0.717) is 18.5 Å². The van der Waals surface area contributed by atoms with Crippen molar-refractivity contribution in [3.8, 4) is 0 Å². The van der Waals surface area contributed by atoms with Gasteiger partial charge in [-0.2, -0.15) is 0 Å². The fourth-order valence-electron chi connectivity index (χ4n) is 3.42. The third-order valence-electron chi connectivity index (χ3n) is 5.41. The molecule has 1 aliphatic rings. The molecular formula is C23H28FN3O2. The highest BCUT2D eigenvalue weighted by Crippen LogP contribution is 2.19. The predicted octanol–water partition coefficient (Wildman–Crippen LogP) is 3.02. The summed E-state index contributed by atoms with van der Waals surface area (Å²) in [7, 11) is 2.06. The van der Waals surface area contributed by atoms with Crippen LogP contribution >= 0.6 is 0 Å². The van der Waals surface area contributed by atoms with E-state index in [0.717, 1.165) is 37.3 Å². The molecule has 2 aromatic rings. The smallest absolute Gasteiger partial charge is 0.253 e. The number of carbonyl (C=O) groups is 2. The summed E-state index contributed by atoms with van der Waals surface area (Å²) in [5, 5.41) is 2.91. The molecule has 1 atom stereocenters. The Labute approximate surface area is 171 Å². The molecule has 1 unspecified atom stereocenters. The summed E-state index contributed by atoms with van der Waals surface area (Å²) < 4.78 is 13.0. The molecule has 5 nitrogen and oxygen atoms in total. The molecule has 1 aliphatic heterocycles. The van der Waals surface area contributed by atoms with E-state index in [-0.39, 0.29) is 23.5 Å². The summed E-state index contributed by atoms with van der Waals surface area (Å²) in [6, 6.07) is 13.7. The molecule has 1 heterocycles. The van der Waals surface area contributed by atoms with E-state index < -0.39 is 0 Å². The van der Waals surface area contributed by atoms with Gasteiger partial charge in [-0.1, -0.05) is 31.2 Å². The second kappa shape index (κ2) is 9.65. The predicted molar refractivity (Wildman–Crippen MR) is 111 cm³/mol. The van der Waals surface area contributed by atoms with Gasteiger partial charge in [0.25, 0.3) is 5.91 Å². The van der Waals surface area contributed by atoms with E-state index in [9.17, 15) is 14.0 Å². The lowest BCUT2D eigenvalue weighted by atomic mass is 9.97. The van der Waals surface area contributed by atoms with Crippen molar-refractivity contribution < 1.29 is 14.0 Å². The fraction of sp³-hybridized carbons (Fsp3) is 0.391. The number of hydrogen-bond acceptors (Lipinski definition) is 3. The van der Waals surface area contributed by atoms with Gasteiger partial charge >= 0.3 is 0 Å². The van der Waals surface area contributed by atoms with E-state index in [2.05, 4.69) is 17.3 Å². The van der Waals surface area contributed by atoms with Crippen LogP contribution in [-0.2, 0) is 11.3 Å². The number of halogens is 1. The Bertz CT molecular complexity index is 828. The summed E-state index contributed by atoms with van der Waals surface area (Å²) in [5.41, 5.74) is 2.56. The van der Waals surface area contributed by atoms with Crippen molar-refractivity contribution in [2.45, 2.75) is 25.8 Å². The molecule has 0 radical (unpaired) electrons. The molecule has 2 amide bonds. The Morgan fingerprint density at radius 3 is 2.24 bits per heavy atom. The van der Waals surface area contributed by atoms with Gasteiger partial charge in [-0.15, -0.1) is 0 Å². The Morgan fingerprint density at radius 2 is 1.62 bits per heavy atom. The minimum Gasteiger partial charge on any atom is -0.352 e. The van der Waals surface area contributed by atoms with Gasteiger partial charge in [-0.25, -0.2) is 4.39 Å². The second-order valence-electron chi connectivity index (χ2n) is 7.73. The average Bonchev–Trinajstić information content (AvgIpc) is 2.73. The molecule has 1 saturated heterocycles. The van der Waals surface area contributed by atoms with Crippen LogP contribution in [0.4, 0.5) is 4.39 Å². The lowest BCUT2D eigenvalue weighted by Gasteiger charge is -2.32. The average molecular weight is 397 g/mol. The molecule has 0 saturated carbocycles. The van der Waals surface area contributed by atoms with Crippen LogP contribution in [0.5, 0.6) is 0 Å². The standard InChI is InChI=1S/C23H28FN3O2/c1-17(19-7-9-21(24)10-8-19)15-22(28)25-16-18-3-5-20(6-4-18)23(29)27-13-11-26(2)12-14-27/h3-10,17H,11-16H2,1-2H3,(H,25,28). The van der Waals surface area contributed by atoms with Crippen LogP contribution in [0.15, 0.2) is 48.5 Å². The highest BCUT2D eigenvalue weighted by Gasteiger charge is 2.20. The molecular weight excluding hydrogens is 369 g/mol. The molecule has 1 fully saturated rings. The monoisotopic (exact) mass is 397 g/mol. The number of carbonyl (C=O) groups excluding carboxylic acids is 2. The first kappa shape index (κ1) is 21.0. The molecule has 0 aromatic heterocycles. The van der Waals surface area contributed by atoms with Crippen LogP contribution in [0.1, 0.15) is 40.7 Å². The first-order valence-corrected chi connectivity index (χ1v) is 10.0. The zero-order chi connectivity index (χ0) is 20.8. The molecule has 29 heavy (non-hydrogen) atoms. The van der Waals surface area contributed by atoms with Gasteiger partial charge in [0.15, 0.2) is 0 Å². The van der Waals surface area contributed by atoms with Crippen molar-refractivity contribution in [2.75, 3.05) is 33.2 Å². The van der Waals surface area contributed by atoms with Gasteiger partial charge in [0.05, 0.1) is 0 Å². The van der Waals surface area contributed by atoms with Crippen molar-refractivity contribution in [1.29, 1.82) is 0 Å². The molecule has 3 rings (SSSR count). The molecule has 1 N–H and O–H groups in total. The van der Waals surface area contributed by atoms with E-state index in [1.165, 1.54) is 12.1 Å². The summed E-state index contributed by atoms with van der Waals surface area (Å²) in [5.74, 6) is -0.264. The van der Waals surface area contributed by atoms with E-state index in [1.54, 1.807) is 12.1 Å². The Balaban J connectivity index is 1.47. The molecule has 6 heteroatoms. The van der Waals surface area contributed by atoms with Crippen molar-refractivity contribution in [2.24, 2.45) is 0 Å². The Kier molecular flexibility index (Phi) is 6.99. The van der Waals surface area contributed by atoms with Crippen LogP contribution < -0.4 is 5.32 Å². The first-order chi connectivity index (χ1) is 13.9. The minimum atomic E-state index is -0.278. The number of piperazine rings is 1. The third-order valence-corrected chi connectivity index (χ3v) is 5.41. The number of nitrogens with one attached hydrogen (secondary N) is 1. The van der Waals surface area contributed by atoms with Gasteiger partial charge in [0.1, 0.15) is 5.82 Å². The van der Waals surface area contributed by atoms with Gasteiger partial charge in [-0.05, 0) is 48.4 Å². The summed E-state index contributed by atoms with van der Waals surface area (Å²) in [4.78, 5) is 28.9. The maximum atomic E-state index is 13.0. The first-order valence-electron chi connectivity index (χ1n) is 10.0. The highest BCUT2D eigenvalue weighted by atomic mass is 19.1. The highest BCUT2D eigenvalue weighted by molar-refractivity contribution is 5.94. The van der Waals surface area contributed by atoms with Crippen LogP contribution in [-0.4, -0.2) is 54.8 Å². The van der Waals surface area contributed by atoms with E-state index >= 15 is 0 Å². The quantitative estimate of drug-likeness (QED) is 0.815. The lowest BCUT2D eigenvalue weighted by Crippen LogP contribution is -2.47. The number of likely N-dealkylation sites (N-methyl/N-ethyl adjacent to an activating group) is 1. The van der Waals surface area contributed by atoms with Gasteiger partial charge < -0.3 is 15.1 Å². The maximum absolute atomic E-state index is 13.0. The Hall–Kier alpha value is -2.73. The van der Waals surface area contributed by atoms with Crippen LogP contribution in [0, 0.1) is 5.82 Å². The zero-order valence-electron chi connectivity index (χ0n) is 17.0. The fourth-order valence-corrected chi connectivity index (χ4v) is 3.42. The van der Waals surface area contributed by atoms with E-state index in [4.69, 9.17) is 0 Å². The lowest BCUT2D eigenvalue weighted by molar-refractivity contribution is -0.121. The second-order valence-corrected chi connectivity index (χ2v) is 7.73. The molecule has 154 valence electrons. The van der Waals surface area contributed by atoms with Crippen molar-refractivity contribution in [3.05, 3.63) is 71.0 Å². The van der Waals surface area contributed by atoms with E-state index in [1.807, 2.05) is 36.1 Å². The zero-order valence-corrected chi connectivity index (χ0v) is 17.0. The third kappa shape index (κ3) is 5.87. The summed E-state index contributed by atoms with van der Waals surface area (Å²) in [6.45, 7) is 5.65. The largest absolute Gasteiger partial charge is 0.352 e. The molecule has 0 aliphatic carbocycles. The number of hydrogen-bond donors (Lipinski definition) is 1. The molecule has 2 aromatic carbocycles. The summed E-state index contributed by atoms with van der Waals surface area (Å²) in [6.07, 6.45) is 0.339. The molecule has 0 bridgehead atoms. The van der Waals surface area contributed by atoms with Gasteiger partial charge in [0, 0.05) is 44.7 Å². The summed E-state index contributed by atoms with van der Waals surface area (Å²) >= 11 is 0. The number of benzene rings is 2. The normalized spacial score (nSPS) is 15.8. The Morgan fingerprint density at radius 1 is 1.00 bits per heavy atom. The number of nitrogens with zero attached hydrogens (tertiary/aromatic N) is 2. The van der Waals surface area contributed by atoms with Gasteiger partial charge in [0.2, 0.25) is 5.91 Å². The number of amides is 2. The van der Waals surface area contributed by atoms with Crippen molar-refractivity contribution in [1.82, 2.24) is 15.1 Å². The van der Waals surface area contributed by atoms with Crippen LogP contribution in [0.2, 0.25) is 0 Å². The SMILES string of the molecule is CC(CC(=O)NCc1ccc(C(=O)N2CCN(C)CC2)cc1)c1ccc(F)cc1.